The van der Waals surface area contributed by atoms with Crippen LogP contribution in [0.4, 0.5) is 5.13 Å². The fraction of sp³-hybridized carbons (Fsp3) is 0.522. The molecule has 2 aromatic rings. The predicted octanol–water partition coefficient (Wildman–Crippen LogP) is 3.51. The van der Waals surface area contributed by atoms with Crippen LogP contribution >= 0.6 is 11.3 Å². The third kappa shape index (κ3) is 5.28. The first-order valence-corrected chi connectivity index (χ1v) is 13.7. The van der Waals surface area contributed by atoms with Gasteiger partial charge in [0.15, 0.2) is 5.13 Å². The van der Waals surface area contributed by atoms with Crippen LogP contribution in [-0.2, 0) is 14.8 Å². The molecule has 1 aromatic heterocycles. The van der Waals surface area contributed by atoms with Gasteiger partial charge in [0.1, 0.15) is 0 Å². The molecule has 0 saturated carbocycles. The van der Waals surface area contributed by atoms with Crippen molar-refractivity contribution in [3.05, 3.63) is 40.9 Å². The van der Waals surface area contributed by atoms with Gasteiger partial charge < -0.3 is 10.2 Å². The summed E-state index contributed by atoms with van der Waals surface area (Å²) < 4.78 is 27.9. The third-order valence-corrected chi connectivity index (χ3v) is 9.32. The van der Waals surface area contributed by atoms with Gasteiger partial charge in [0.25, 0.3) is 5.91 Å². The Morgan fingerprint density at radius 2 is 1.88 bits per heavy atom. The van der Waals surface area contributed by atoms with E-state index < -0.39 is 10.0 Å². The number of thiazole rings is 1. The highest BCUT2D eigenvalue weighted by atomic mass is 32.2. The number of carbonyl (C=O) groups is 2. The number of amides is 2. The molecule has 4 rings (SSSR count). The second-order valence-corrected chi connectivity index (χ2v) is 11.6. The maximum atomic E-state index is 13.2. The lowest BCUT2D eigenvalue weighted by atomic mass is 9.95. The fourth-order valence-corrected chi connectivity index (χ4v) is 6.94. The lowest BCUT2D eigenvalue weighted by Gasteiger charge is -2.33. The van der Waals surface area contributed by atoms with Crippen molar-refractivity contribution in [2.75, 3.05) is 25.0 Å². The monoisotopic (exact) mass is 490 g/mol. The summed E-state index contributed by atoms with van der Waals surface area (Å²) >= 11 is 1.40. The van der Waals surface area contributed by atoms with E-state index >= 15 is 0 Å². The SMILES string of the molecule is Cc1csc(NC(=O)C2CCN(C(=O)c3cccc(S(=O)(=O)N4CCCCC4C)c3)CC2)n1. The van der Waals surface area contributed by atoms with Crippen molar-refractivity contribution in [1.29, 1.82) is 0 Å². The number of sulfonamides is 1. The molecule has 1 aromatic carbocycles. The van der Waals surface area contributed by atoms with Gasteiger partial charge in [-0.2, -0.15) is 4.31 Å². The number of nitrogens with zero attached hydrogens (tertiary/aromatic N) is 3. The van der Waals surface area contributed by atoms with Gasteiger partial charge in [-0.25, -0.2) is 13.4 Å². The topological polar surface area (TPSA) is 99.7 Å². The van der Waals surface area contributed by atoms with Gasteiger partial charge in [-0.05, 0) is 57.7 Å². The van der Waals surface area contributed by atoms with Crippen LogP contribution in [0, 0.1) is 12.8 Å². The van der Waals surface area contributed by atoms with E-state index in [1.54, 1.807) is 27.4 Å². The fourth-order valence-electron chi connectivity index (χ4n) is 4.50. The number of benzene rings is 1. The van der Waals surface area contributed by atoms with Crippen LogP contribution in [-0.4, -0.2) is 60.1 Å². The Bertz CT molecular complexity index is 1120. The maximum Gasteiger partial charge on any atom is 0.253 e. The number of aryl methyl sites for hydroxylation is 1. The molecule has 1 unspecified atom stereocenters. The predicted molar refractivity (Wildman–Crippen MR) is 128 cm³/mol. The van der Waals surface area contributed by atoms with Crippen molar-refractivity contribution in [2.45, 2.75) is 56.9 Å². The molecule has 0 radical (unpaired) electrons. The van der Waals surface area contributed by atoms with E-state index in [2.05, 4.69) is 10.3 Å². The summed E-state index contributed by atoms with van der Waals surface area (Å²) in [6, 6.07) is 6.30. The number of hydrogen-bond acceptors (Lipinski definition) is 6. The van der Waals surface area contributed by atoms with Gasteiger partial charge in [0.05, 0.1) is 10.6 Å². The summed E-state index contributed by atoms with van der Waals surface area (Å²) in [4.78, 5) is 31.8. The van der Waals surface area contributed by atoms with Gasteiger partial charge in [-0.1, -0.05) is 12.5 Å². The zero-order chi connectivity index (χ0) is 23.6. The first kappa shape index (κ1) is 23.8. The summed E-state index contributed by atoms with van der Waals surface area (Å²) in [5.74, 6) is -0.445. The zero-order valence-corrected chi connectivity index (χ0v) is 20.6. The standard InChI is InChI=1S/C23H30N4O4S2/c1-16-15-32-23(24-16)25-21(28)18-9-12-26(13-10-18)22(29)19-7-5-8-20(14-19)33(30,31)27-11-4-3-6-17(27)2/h5,7-8,14-15,17-18H,3-4,6,9-13H2,1-2H3,(H,24,25,28). The minimum absolute atomic E-state index is 0.0402. The van der Waals surface area contributed by atoms with Gasteiger partial charge >= 0.3 is 0 Å². The Morgan fingerprint density at radius 1 is 1.12 bits per heavy atom. The molecule has 2 aliphatic heterocycles. The van der Waals surface area contributed by atoms with Crippen molar-refractivity contribution in [3.8, 4) is 0 Å². The van der Waals surface area contributed by atoms with Crippen LogP contribution in [0.25, 0.3) is 0 Å². The molecule has 8 nitrogen and oxygen atoms in total. The van der Waals surface area contributed by atoms with Crippen molar-refractivity contribution >= 4 is 38.3 Å². The molecule has 1 N–H and O–H groups in total. The average molecular weight is 491 g/mol. The summed E-state index contributed by atoms with van der Waals surface area (Å²) in [6.45, 7) is 5.23. The summed E-state index contributed by atoms with van der Waals surface area (Å²) in [6.07, 6.45) is 3.86. The number of rotatable bonds is 5. The summed E-state index contributed by atoms with van der Waals surface area (Å²) in [5, 5.41) is 5.34. The molecule has 2 fully saturated rings. The second-order valence-electron chi connectivity index (χ2n) is 8.84. The lowest BCUT2D eigenvalue weighted by Crippen LogP contribution is -2.42. The highest BCUT2D eigenvalue weighted by Crippen LogP contribution is 2.27. The molecule has 0 spiro atoms. The number of aromatic nitrogens is 1. The molecule has 0 aliphatic carbocycles. The van der Waals surface area contributed by atoms with Crippen LogP contribution in [0.3, 0.4) is 0 Å². The first-order chi connectivity index (χ1) is 15.8. The number of nitrogens with one attached hydrogen (secondary N) is 1. The number of piperidine rings is 2. The average Bonchev–Trinajstić information content (AvgIpc) is 3.23. The zero-order valence-electron chi connectivity index (χ0n) is 19.0. The number of carbonyl (C=O) groups excluding carboxylic acids is 2. The number of hydrogen-bond donors (Lipinski definition) is 1. The van der Waals surface area contributed by atoms with E-state index in [0.717, 1.165) is 25.0 Å². The first-order valence-electron chi connectivity index (χ1n) is 11.4. The van der Waals surface area contributed by atoms with E-state index in [1.807, 2.05) is 19.2 Å². The van der Waals surface area contributed by atoms with E-state index in [1.165, 1.54) is 17.4 Å². The van der Waals surface area contributed by atoms with Crippen LogP contribution in [0.2, 0.25) is 0 Å². The molecular weight excluding hydrogens is 460 g/mol. The largest absolute Gasteiger partial charge is 0.339 e. The molecule has 2 saturated heterocycles. The van der Waals surface area contributed by atoms with Crippen molar-refractivity contribution in [1.82, 2.24) is 14.2 Å². The second kappa shape index (κ2) is 9.90. The number of likely N-dealkylation sites (tertiary alicyclic amines) is 1. The van der Waals surface area contributed by atoms with E-state index in [0.29, 0.717) is 43.2 Å². The molecule has 3 heterocycles. The molecule has 0 bridgehead atoms. The molecule has 2 amide bonds. The van der Waals surface area contributed by atoms with Crippen LogP contribution in [0.15, 0.2) is 34.5 Å². The molecular formula is C23H30N4O4S2. The van der Waals surface area contributed by atoms with Gasteiger partial charge in [0, 0.05) is 42.5 Å². The van der Waals surface area contributed by atoms with Crippen molar-refractivity contribution < 1.29 is 18.0 Å². The molecule has 1 atom stereocenters. The smallest absolute Gasteiger partial charge is 0.253 e. The van der Waals surface area contributed by atoms with Crippen molar-refractivity contribution in [3.63, 3.8) is 0 Å². The van der Waals surface area contributed by atoms with Crippen LogP contribution in [0.5, 0.6) is 0 Å². The Hall–Kier alpha value is -2.30. The quantitative estimate of drug-likeness (QED) is 0.691. The Kier molecular flexibility index (Phi) is 7.16. The minimum atomic E-state index is -3.64. The number of anilines is 1. The van der Waals surface area contributed by atoms with Crippen LogP contribution < -0.4 is 5.32 Å². The van der Waals surface area contributed by atoms with Gasteiger partial charge in [-0.3, -0.25) is 9.59 Å². The molecule has 2 aliphatic rings. The van der Waals surface area contributed by atoms with E-state index in [4.69, 9.17) is 0 Å². The van der Waals surface area contributed by atoms with Gasteiger partial charge in [0.2, 0.25) is 15.9 Å². The Morgan fingerprint density at radius 3 is 2.55 bits per heavy atom. The normalized spacial score (nSPS) is 20.5. The summed E-state index contributed by atoms with van der Waals surface area (Å²) in [5.41, 5.74) is 1.23. The van der Waals surface area contributed by atoms with Crippen molar-refractivity contribution in [2.24, 2.45) is 5.92 Å². The van der Waals surface area contributed by atoms with E-state index in [9.17, 15) is 18.0 Å². The highest BCUT2D eigenvalue weighted by molar-refractivity contribution is 7.89. The maximum absolute atomic E-state index is 13.2. The van der Waals surface area contributed by atoms with E-state index in [-0.39, 0.29) is 28.7 Å². The molecule has 10 heteroatoms. The summed E-state index contributed by atoms with van der Waals surface area (Å²) in [7, 11) is -3.64. The third-order valence-electron chi connectivity index (χ3n) is 6.43. The highest BCUT2D eigenvalue weighted by Gasteiger charge is 2.32. The van der Waals surface area contributed by atoms with Gasteiger partial charge in [-0.15, -0.1) is 11.3 Å². The Labute approximate surface area is 199 Å². The minimum Gasteiger partial charge on any atom is -0.339 e. The molecule has 178 valence electrons. The Balaban J connectivity index is 1.39. The van der Waals surface area contributed by atoms with Crippen LogP contribution in [0.1, 0.15) is 55.1 Å². The lowest BCUT2D eigenvalue weighted by molar-refractivity contribution is -0.121. The molecule has 33 heavy (non-hydrogen) atoms.